The molecule has 5 rings (SSSR count). The molecule has 2 bridgehead atoms. The van der Waals surface area contributed by atoms with Gasteiger partial charge >= 0.3 is 0 Å². The summed E-state index contributed by atoms with van der Waals surface area (Å²) in [5.74, 6) is 2.42. The van der Waals surface area contributed by atoms with E-state index in [0.29, 0.717) is 24.4 Å². The van der Waals surface area contributed by atoms with Crippen molar-refractivity contribution in [2.75, 3.05) is 12.3 Å². The SMILES string of the molecule is Cc1ccc(Oc2ccc(C3CCC4CC3CC3=NS(=O)(=O)CCN34)nc2)s1. The average molecular weight is 418 g/mol. The maximum absolute atomic E-state index is 11.9. The van der Waals surface area contributed by atoms with E-state index >= 15 is 0 Å². The van der Waals surface area contributed by atoms with E-state index in [4.69, 9.17) is 9.72 Å². The van der Waals surface area contributed by atoms with Crippen LogP contribution in [-0.4, -0.2) is 42.5 Å². The second-order valence-electron chi connectivity index (χ2n) is 7.91. The second-order valence-corrected chi connectivity index (χ2v) is 10.9. The zero-order valence-electron chi connectivity index (χ0n) is 15.7. The Bertz CT molecular complexity index is 1010. The van der Waals surface area contributed by atoms with Crippen molar-refractivity contribution in [1.82, 2.24) is 9.88 Å². The summed E-state index contributed by atoms with van der Waals surface area (Å²) in [5.41, 5.74) is 1.07. The van der Waals surface area contributed by atoms with Crippen LogP contribution in [0.3, 0.4) is 0 Å². The highest BCUT2D eigenvalue weighted by molar-refractivity contribution is 7.90. The molecule has 0 aromatic carbocycles. The molecule has 3 unspecified atom stereocenters. The summed E-state index contributed by atoms with van der Waals surface area (Å²) in [4.78, 5) is 8.15. The van der Waals surface area contributed by atoms with Crippen molar-refractivity contribution in [2.45, 2.75) is 44.6 Å². The molecule has 0 spiro atoms. The van der Waals surface area contributed by atoms with E-state index in [1.807, 2.05) is 18.2 Å². The second kappa shape index (κ2) is 6.84. The smallest absolute Gasteiger partial charge is 0.256 e. The number of thiophene rings is 1. The number of pyridine rings is 1. The Balaban J connectivity index is 1.34. The Morgan fingerprint density at radius 1 is 1.21 bits per heavy atom. The highest BCUT2D eigenvalue weighted by Crippen LogP contribution is 2.45. The summed E-state index contributed by atoms with van der Waals surface area (Å²) < 4.78 is 33.8. The summed E-state index contributed by atoms with van der Waals surface area (Å²) in [6.45, 7) is 2.65. The first kappa shape index (κ1) is 18.1. The van der Waals surface area contributed by atoms with Crippen molar-refractivity contribution in [3.05, 3.63) is 41.0 Å². The first-order valence-corrected chi connectivity index (χ1v) is 12.2. The molecule has 4 heterocycles. The van der Waals surface area contributed by atoms with Crippen molar-refractivity contribution in [3.8, 4) is 10.8 Å². The predicted octanol–water partition coefficient (Wildman–Crippen LogP) is 3.94. The van der Waals surface area contributed by atoms with Crippen LogP contribution in [0.4, 0.5) is 0 Å². The summed E-state index contributed by atoms with van der Waals surface area (Å²) in [7, 11) is -3.28. The van der Waals surface area contributed by atoms with Gasteiger partial charge in [-0.25, -0.2) is 8.42 Å². The van der Waals surface area contributed by atoms with Gasteiger partial charge in [0.1, 0.15) is 11.6 Å². The van der Waals surface area contributed by atoms with Crippen molar-refractivity contribution < 1.29 is 13.2 Å². The predicted molar refractivity (Wildman–Crippen MR) is 110 cm³/mol. The van der Waals surface area contributed by atoms with Gasteiger partial charge in [0.25, 0.3) is 10.0 Å². The Labute approximate surface area is 169 Å². The number of rotatable bonds is 3. The number of aryl methyl sites for hydroxylation is 1. The summed E-state index contributed by atoms with van der Waals surface area (Å²) in [5, 5.41) is 0.872. The topological polar surface area (TPSA) is 71.9 Å². The highest BCUT2D eigenvalue weighted by atomic mass is 32.2. The van der Waals surface area contributed by atoms with Crippen LogP contribution < -0.4 is 4.74 Å². The van der Waals surface area contributed by atoms with E-state index < -0.39 is 10.0 Å². The van der Waals surface area contributed by atoms with Crippen LogP contribution in [0.15, 0.2) is 34.9 Å². The van der Waals surface area contributed by atoms with Gasteiger partial charge in [-0.2, -0.15) is 4.40 Å². The molecule has 0 N–H and O–H groups in total. The third kappa shape index (κ3) is 3.43. The van der Waals surface area contributed by atoms with Gasteiger partial charge in [0, 0.05) is 35.5 Å². The first-order chi connectivity index (χ1) is 13.5. The molecule has 2 aromatic heterocycles. The maximum Gasteiger partial charge on any atom is 0.256 e. The average Bonchev–Trinajstić information content (AvgIpc) is 3.06. The van der Waals surface area contributed by atoms with Crippen LogP contribution in [0.2, 0.25) is 0 Å². The molecule has 3 atom stereocenters. The number of fused-ring (bicyclic) bond motifs is 4. The van der Waals surface area contributed by atoms with Gasteiger partial charge in [0.15, 0.2) is 5.06 Å². The molecule has 2 fully saturated rings. The van der Waals surface area contributed by atoms with Gasteiger partial charge in [-0.1, -0.05) is 0 Å². The zero-order chi connectivity index (χ0) is 19.3. The number of amidine groups is 1. The molecule has 0 radical (unpaired) electrons. The molecule has 1 saturated heterocycles. The standard InChI is InChI=1S/C20H23N3O3S2/c1-13-2-7-20(27-13)26-16-4-6-18(21-12-16)17-5-3-15-10-14(17)11-19-22-28(24,25)9-8-23(15)19/h2,4,6-7,12,14-15,17H,3,5,8-11H2,1H3. The van der Waals surface area contributed by atoms with Crippen molar-refractivity contribution in [2.24, 2.45) is 10.3 Å². The molecular weight excluding hydrogens is 394 g/mol. The van der Waals surface area contributed by atoms with Crippen LogP contribution in [-0.2, 0) is 10.0 Å². The lowest BCUT2D eigenvalue weighted by Crippen LogP contribution is -2.53. The summed E-state index contributed by atoms with van der Waals surface area (Å²) >= 11 is 1.62. The molecule has 1 saturated carbocycles. The van der Waals surface area contributed by atoms with E-state index in [9.17, 15) is 8.42 Å². The lowest BCUT2D eigenvalue weighted by Gasteiger charge is -2.48. The van der Waals surface area contributed by atoms with Crippen molar-refractivity contribution in [3.63, 3.8) is 0 Å². The number of hydrogen-bond acceptors (Lipinski definition) is 6. The largest absolute Gasteiger partial charge is 0.445 e. The number of ether oxygens (including phenoxy) is 1. The van der Waals surface area contributed by atoms with Crippen molar-refractivity contribution >= 4 is 27.2 Å². The maximum atomic E-state index is 11.9. The zero-order valence-corrected chi connectivity index (χ0v) is 17.4. The van der Waals surface area contributed by atoms with E-state index in [2.05, 4.69) is 22.3 Å². The lowest BCUT2D eigenvalue weighted by atomic mass is 9.70. The Kier molecular flexibility index (Phi) is 4.43. The highest BCUT2D eigenvalue weighted by Gasteiger charge is 2.43. The molecule has 2 aliphatic heterocycles. The van der Waals surface area contributed by atoms with E-state index in [1.54, 1.807) is 17.5 Å². The minimum absolute atomic E-state index is 0.147. The molecule has 3 aliphatic rings. The minimum atomic E-state index is -3.28. The number of hydrogen-bond donors (Lipinski definition) is 0. The lowest BCUT2D eigenvalue weighted by molar-refractivity contribution is 0.148. The van der Waals surface area contributed by atoms with E-state index in [1.165, 1.54) is 4.88 Å². The fourth-order valence-corrected chi connectivity index (χ4v) is 6.52. The number of aromatic nitrogens is 1. The summed E-state index contributed by atoms with van der Waals surface area (Å²) in [6, 6.07) is 8.49. The minimum Gasteiger partial charge on any atom is -0.445 e. The van der Waals surface area contributed by atoms with Crippen LogP contribution in [0.25, 0.3) is 0 Å². The third-order valence-electron chi connectivity index (χ3n) is 6.08. The van der Waals surface area contributed by atoms with Gasteiger partial charge in [-0.05, 0) is 56.4 Å². The molecular formula is C20H23N3O3S2. The molecule has 8 heteroatoms. The van der Waals surface area contributed by atoms with Gasteiger partial charge in [-0.3, -0.25) is 4.98 Å². The Morgan fingerprint density at radius 2 is 2.11 bits per heavy atom. The fourth-order valence-electron chi connectivity index (χ4n) is 4.78. The molecule has 1 aliphatic carbocycles. The van der Waals surface area contributed by atoms with Crippen molar-refractivity contribution in [1.29, 1.82) is 0 Å². The first-order valence-electron chi connectivity index (χ1n) is 9.75. The number of sulfonamides is 1. The van der Waals surface area contributed by atoms with Gasteiger partial charge in [0.2, 0.25) is 0 Å². The molecule has 148 valence electrons. The monoisotopic (exact) mass is 417 g/mol. The van der Waals surface area contributed by atoms with Gasteiger partial charge in [-0.15, -0.1) is 11.3 Å². The van der Waals surface area contributed by atoms with E-state index in [0.717, 1.165) is 48.0 Å². The van der Waals surface area contributed by atoms with Crippen LogP contribution in [0.1, 0.15) is 42.2 Å². The van der Waals surface area contributed by atoms with E-state index in [-0.39, 0.29) is 5.75 Å². The Morgan fingerprint density at radius 3 is 2.86 bits per heavy atom. The van der Waals surface area contributed by atoms with Crippen LogP contribution in [0.5, 0.6) is 10.8 Å². The summed E-state index contributed by atoms with van der Waals surface area (Å²) in [6.07, 6.45) is 5.78. The number of piperidine rings is 1. The van der Waals surface area contributed by atoms with Crippen LogP contribution in [0, 0.1) is 12.8 Å². The Hall–Kier alpha value is -1.93. The molecule has 2 aromatic rings. The fraction of sp³-hybridized carbons (Fsp3) is 0.500. The molecule has 0 amide bonds. The quantitative estimate of drug-likeness (QED) is 0.756. The normalized spacial score (nSPS) is 28.4. The number of nitrogens with zero attached hydrogens (tertiary/aromatic N) is 3. The molecule has 6 nitrogen and oxygen atoms in total. The van der Waals surface area contributed by atoms with Gasteiger partial charge < -0.3 is 9.64 Å². The third-order valence-corrected chi connectivity index (χ3v) is 8.15. The van der Waals surface area contributed by atoms with Crippen LogP contribution >= 0.6 is 11.3 Å². The van der Waals surface area contributed by atoms with Gasteiger partial charge in [0.05, 0.1) is 11.9 Å². The molecule has 28 heavy (non-hydrogen) atoms.